The van der Waals surface area contributed by atoms with Crippen LogP contribution in [0.4, 0.5) is 0 Å². The second-order valence-corrected chi connectivity index (χ2v) is 5.34. The Kier molecular flexibility index (Phi) is 5.53. The van der Waals surface area contributed by atoms with Crippen molar-refractivity contribution in [3.63, 3.8) is 0 Å². The Morgan fingerprint density at radius 2 is 2.14 bits per heavy atom. The second-order valence-electron chi connectivity index (χ2n) is 3.60. The molecular weight excluding hydrogens is 214 g/mol. The number of nitrogens with two attached hydrogens (primary N) is 1. The average molecular weight is 232 g/mol. The topological polar surface area (TPSA) is 26.0 Å². The SMILES string of the molecule is CCCCCCC(N)c1ccc(Cl)s1. The van der Waals surface area contributed by atoms with Crippen LogP contribution in [0.15, 0.2) is 12.1 Å². The summed E-state index contributed by atoms with van der Waals surface area (Å²) < 4.78 is 0.837. The Bertz CT molecular complexity index is 260. The molecule has 1 aromatic heterocycles. The molecule has 0 radical (unpaired) electrons. The third kappa shape index (κ3) is 3.99. The van der Waals surface area contributed by atoms with Crippen LogP contribution in [0.3, 0.4) is 0 Å². The van der Waals surface area contributed by atoms with Gasteiger partial charge in [-0.15, -0.1) is 11.3 Å². The lowest BCUT2D eigenvalue weighted by molar-refractivity contribution is 0.571. The molecule has 0 bridgehead atoms. The zero-order chi connectivity index (χ0) is 10.4. The Labute approximate surface area is 95.3 Å². The molecule has 0 aromatic carbocycles. The summed E-state index contributed by atoms with van der Waals surface area (Å²) in [6.07, 6.45) is 6.20. The van der Waals surface area contributed by atoms with Crippen LogP contribution in [-0.2, 0) is 0 Å². The molecule has 1 nitrogen and oxygen atoms in total. The zero-order valence-corrected chi connectivity index (χ0v) is 10.2. The molecule has 3 heteroatoms. The summed E-state index contributed by atoms with van der Waals surface area (Å²) in [6, 6.07) is 4.15. The summed E-state index contributed by atoms with van der Waals surface area (Å²) in [7, 11) is 0. The van der Waals surface area contributed by atoms with E-state index in [1.807, 2.05) is 12.1 Å². The van der Waals surface area contributed by atoms with Gasteiger partial charge in [0, 0.05) is 10.9 Å². The molecule has 1 aromatic rings. The maximum atomic E-state index is 6.04. The van der Waals surface area contributed by atoms with Gasteiger partial charge in [-0.05, 0) is 18.6 Å². The summed E-state index contributed by atoms with van der Waals surface area (Å²) in [5.41, 5.74) is 6.04. The van der Waals surface area contributed by atoms with Gasteiger partial charge in [0.1, 0.15) is 0 Å². The van der Waals surface area contributed by atoms with Crippen LogP contribution in [0.1, 0.15) is 49.9 Å². The van der Waals surface area contributed by atoms with E-state index in [1.165, 1.54) is 30.6 Å². The van der Waals surface area contributed by atoms with Crippen molar-refractivity contribution >= 4 is 22.9 Å². The van der Waals surface area contributed by atoms with E-state index in [4.69, 9.17) is 17.3 Å². The van der Waals surface area contributed by atoms with Crippen molar-refractivity contribution in [3.8, 4) is 0 Å². The first-order valence-electron chi connectivity index (χ1n) is 5.25. The van der Waals surface area contributed by atoms with Crippen molar-refractivity contribution in [1.29, 1.82) is 0 Å². The molecule has 0 saturated heterocycles. The van der Waals surface area contributed by atoms with Gasteiger partial charge in [-0.2, -0.15) is 0 Å². The highest BCUT2D eigenvalue weighted by Gasteiger charge is 2.07. The maximum absolute atomic E-state index is 6.04. The molecule has 0 aliphatic rings. The fourth-order valence-corrected chi connectivity index (χ4v) is 2.56. The molecule has 1 rings (SSSR count). The number of halogens is 1. The summed E-state index contributed by atoms with van der Waals surface area (Å²) in [5, 5.41) is 0. The minimum absolute atomic E-state index is 0.185. The third-order valence-corrected chi connectivity index (χ3v) is 3.69. The van der Waals surface area contributed by atoms with Gasteiger partial charge in [-0.1, -0.05) is 44.2 Å². The van der Waals surface area contributed by atoms with Crippen LogP contribution in [0.5, 0.6) is 0 Å². The van der Waals surface area contributed by atoms with Gasteiger partial charge in [-0.3, -0.25) is 0 Å². The molecule has 80 valence electrons. The van der Waals surface area contributed by atoms with E-state index in [0.717, 1.165) is 10.8 Å². The van der Waals surface area contributed by atoms with E-state index >= 15 is 0 Å². The normalized spacial score (nSPS) is 13.1. The maximum Gasteiger partial charge on any atom is 0.0931 e. The number of unbranched alkanes of at least 4 members (excludes halogenated alkanes) is 3. The first kappa shape index (κ1) is 12.0. The molecule has 0 fully saturated rings. The van der Waals surface area contributed by atoms with E-state index in [9.17, 15) is 0 Å². The van der Waals surface area contributed by atoms with E-state index in [0.29, 0.717) is 0 Å². The first-order valence-corrected chi connectivity index (χ1v) is 6.44. The monoisotopic (exact) mass is 231 g/mol. The van der Waals surface area contributed by atoms with E-state index in [2.05, 4.69) is 6.92 Å². The molecular formula is C11H18ClNS. The van der Waals surface area contributed by atoms with Crippen molar-refractivity contribution in [2.24, 2.45) is 5.73 Å². The average Bonchev–Trinajstić information content (AvgIpc) is 2.59. The highest BCUT2D eigenvalue weighted by atomic mass is 35.5. The van der Waals surface area contributed by atoms with Gasteiger partial charge < -0.3 is 5.73 Å². The summed E-state index contributed by atoms with van der Waals surface area (Å²) in [6.45, 7) is 2.22. The Hall–Kier alpha value is -0.0500. The lowest BCUT2D eigenvalue weighted by Gasteiger charge is -2.08. The molecule has 1 atom stereocenters. The summed E-state index contributed by atoms with van der Waals surface area (Å²) >= 11 is 7.45. The number of rotatable bonds is 6. The van der Waals surface area contributed by atoms with Crippen LogP contribution in [0.25, 0.3) is 0 Å². The standard InChI is InChI=1S/C11H18ClNS/c1-2-3-4-5-6-9(13)10-7-8-11(12)14-10/h7-9H,2-6,13H2,1H3. The van der Waals surface area contributed by atoms with E-state index < -0.39 is 0 Å². The predicted octanol–water partition coefficient (Wildman–Crippen LogP) is 4.37. The number of hydrogen-bond acceptors (Lipinski definition) is 2. The lowest BCUT2D eigenvalue weighted by Crippen LogP contribution is -2.07. The Morgan fingerprint density at radius 1 is 1.36 bits per heavy atom. The van der Waals surface area contributed by atoms with Crippen molar-refractivity contribution in [1.82, 2.24) is 0 Å². The summed E-state index contributed by atoms with van der Waals surface area (Å²) in [4.78, 5) is 1.21. The van der Waals surface area contributed by atoms with Gasteiger partial charge in [0.2, 0.25) is 0 Å². The highest BCUT2D eigenvalue weighted by molar-refractivity contribution is 7.16. The minimum atomic E-state index is 0.185. The van der Waals surface area contributed by atoms with Crippen LogP contribution < -0.4 is 5.73 Å². The number of hydrogen-bond donors (Lipinski definition) is 1. The molecule has 0 aliphatic carbocycles. The predicted molar refractivity (Wildman–Crippen MR) is 65.0 cm³/mol. The van der Waals surface area contributed by atoms with E-state index in [1.54, 1.807) is 11.3 Å². The molecule has 0 spiro atoms. The smallest absolute Gasteiger partial charge is 0.0931 e. The minimum Gasteiger partial charge on any atom is -0.323 e. The fourth-order valence-electron chi connectivity index (χ4n) is 1.46. The lowest BCUT2D eigenvalue weighted by atomic mass is 10.1. The molecule has 1 unspecified atom stereocenters. The van der Waals surface area contributed by atoms with Crippen LogP contribution in [-0.4, -0.2) is 0 Å². The van der Waals surface area contributed by atoms with Crippen molar-refractivity contribution < 1.29 is 0 Å². The zero-order valence-electron chi connectivity index (χ0n) is 8.63. The number of thiophene rings is 1. The van der Waals surface area contributed by atoms with Crippen LogP contribution in [0.2, 0.25) is 4.34 Å². The van der Waals surface area contributed by atoms with Crippen molar-refractivity contribution in [3.05, 3.63) is 21.3 Å². The summed E-state index contributed by atoms with van der Waals surface area (Å²) in [5.74, 6) is 0. The molecule has 0 saturated carbocycles. The van der Waals surface area contributed by atoms with Gasteiger partial charge in [0.25, 0.3) is 0 Å². The molecule has 0 amide bonds. The van der Waals surface area contributed by atoms with Gasteiger partial charge in [-0.25, -0.2) is 0 Å². The molecule has 2 N–H and O–H groups in total. The van der Waals surface area contributed by atoms with Gasteiger partial charge in [0.15, 0.2) is 0 Å². The first-order chi connectivity index (χ1) is 6.74. The molecule has 1 heterocycles. The molecule has 0 aliphatic heterocycles. The Balaban J connectivity index is 2.25. The van der Waals surface area contributed by atoms with Crippen LogP contribution in [0, 0.1) is 0 Å². The van der Waals surface area contributed by atoms with Crippen LogP contribution >= 0.6 is 22.9 Å². The fraction of sp³-hybridized carbons (Fsp3) is 0.636. The quantitative estimate of drug-likeness (QED) is 0.723. The van der Waals surface area contributed by atoms with Crippen molar-refractivity contribution in [2.45, 2.75) is 45.1 Å². The second kappa shape index (κ2) is 6.44. The molecule has 14 heavy (non-hydrogen) atoms. The van der Waals surface area contributed by atoms with Gasteiger partial charge >= 0.3 is 0 Å². The highest BCUT2D eigenvalue weighted by Crippen LogP contribution is 2.28. The largest absolute Gasteiger partial charge is 0.323 e. The third-order valence-electron chi connectivity index (χ3n) is 2.33. The Morgan fingerprint density at radius 3 is 2.71 bits per heavy atom. The van der Waals surface area contributed by atoms with E-state index in [-0.39, 0.29) is 6.04 Å². The van der Waals surface area contributed by atoms with Crippen molar-refractivity contribution in [2.75, 3.05) is 0 Å². The van der Waals surface area contributed by atoms with Gasteiger partial charge in [0.05, 0.1) is 4.34 Å².